The molecule has 1 aromatic carbocycles. The molecule has 1 aromatic heterocycles. The van der Waals surface area contributed by atoms with E-state index >= 15 is 0 Å². The molecule has 0 spiro atoms. The Morgan fingerprint density at radius 3 is 2.71 bits per heavy atom. The second-order valence-corrected chi connectivity index (χ2v) is 5.10. The average molecular weight is 288 g/mol. The Labute approximate surface area is 123 Å². The number of para-hydroxylation sites is 1. The normalized spacial score (nSPS) is 12.1. The van der Waals surface area contributed by atoms with Crippen molar-refractivity contribution in [3.8, 4) is 5.75 Å². The smallest absolute Gasteiger partial charge is 0.261 e. The van der Waals surface area contributed by atoms with E-state index in [0.29, 0.717) is 18.7 Å². The monoisotopic (exact) mass is 288 g/mol. The first-order chi connectivity index (χ1) is 10.2. The Balaban J connectivity index is 1.87. The number of aromatic amines is 1. The van der Waals surface area contributed by atoms with Crippen molar-refractivity contribution in [1.82, 2.24) is 20.7 Å². The van der Waals surface area contributed by atoms with Gasteiger partial charge in [-0.15, -0.1) is 0 Å². The lowest BCUT2D eigenvalue weighted by atomic mass is 10.1. The third kappa shape index (κ3) is 4.59. The van der Waals surface area contributed by atoms with Gasteiger partial charge >= 0.3 is 0 Å². The van der Waals surface area contributed by atoms with E-state index in [1.807, 2.05) is 44.2 Å². The number of H-pyrrole nitrogens is 1. The van der Waals surface area contributed by atoms with Crippen molar-refractivity contribution in [1.29, 1.82) is 0 Å². The third-order valence-electron chi connectivity index (χ3n) is 3.02. The van der Waals surface area contributed by atoms with Gasteiger partial charge in [0.1, 0.15) is 5.75 Å². The molecule has 0 bridgehead atoms. The van der Waals surface area contributed by atoms with E-state index in [4.69, 9.17) is 4.74 Å². The van der Waals surface area contributed by atoms with Crippen LogP contribution >= 0.6 is 0 Å². The lowest BCUT2D eigenvalue weighted by molar-refractivity contribution is -0.129. The highest BCUT2D eigenvalue weighted by molar-refractivity contribution is 5.81. The van der Waals surface area contributed by atoms with Gasteiger partial charge in [-0.05, 0) is 18.1 Å². The fraction of sp³-hybridized carbons (Fsp3) is 0.400. The van der Waals surface area contributed by atoms with Gasteiger partial charge in [-0.2, -0.15) is 15.4 Å². The molecule has 0 saturated heterocycles. The lowest BCUT2D eigenvalue weighted by Gasteiger charge is -2.21. The number of ether oxygens (including phenoxy) is 1. The maximum atomic E-state index is 12.2. The fourth-order valence-electron chi connectivity index (χ4n) is 1.90. The summed E-state index contributed by atoms with van der Waals surface area (Å²) in [5, 5.41) is 13.1. The van der Waals surface area contributed by atoms with E-state index in [1.54, 1.807) is 6.20 Å². The van der Waals surface area contributed by atoms with Crippen LogP contribution in [0.3, 0.4) is 0 Å². The Kier molecular flexibility index (Phi) is 5.31. The summed E-state index contributed by atoms with van der Waals surface area (Å²) in [6.07, 6.45) is 1.77. The fourth-order valence-corrected chi connectivity index (χ4v) is 1.90. The number of carbonyl (C=O) groups is 1. The van der Waals surface area contributed by atoms with Crippen LogP contribution in [0, 0.1) is 5.92 Å². The van der Waals surface area contributed by atoms with Crippen molar-refractivity contribution in [2.24, 2.45) is 5.92 Å². The minimum atomic E-state index is -0.510. The van der Waals surface area contributed by atoms with Gasteiger partial charge < -0.3 is 10.1 Å². The zero-order chi connectivity index (χ0) is 15.1. The Bertz CT molecular complexity index is 540. The zero-order valence-electron chi connectivity index (χ0n) is 12.2. The maximum Gasteiger partial charge on any atom is 0.261 e. The molecule has 0 unspecified atom stereocenters. The molecule has 2 aromatic rings. The summed E-state index contributed by atoms with van der Waals surface area (Å²) in [6.45, 7) is 4.43. The van der Waals surface area contributed by atoms with Crippen LogP contribution in [-0.4, -0.2) is 34.0 Å². The van der Waals surface area contributed by atoms with Gasteiger partial charge in [-0.3, -0.25) is 4.79 Å². The maximum absolute atomic E-state index is 12.2. The van der Waals surface area contributed by atoms with E-state index in [9.17, 15) is 4.79 Å². The number of nitrogens with one attached hydrogen (secondary N) is 2. The Hall–Kier alpha value is -2.37. The lowest BCUT2D eigenvalue weighted by Crippen LogP contribution is -2.42. The van der Waals surface area contributed by atoms with Crippen LogP contribution in [-0.2, 0) is 11.2 Å². The van der Waals surface area contributed by atoms with Crippen LogP contribution in [0.4, 0.5) is 0 Å². The van der Waals surface area contributed by atoms with E-state index in [1.165, 1.54) is 0 Å². The predicted molar refractivity (Wildman–Crippen MR) is 78.8 cm³/mol. The largest absolute Gasteiger partial charge is 0.480 e. The number of rotatable bonds is 7. The number of hydrogen-bond donors (Lipinski definition) is 2. The van der Waals surface area contributed by atoms with Gasteiger partial charge in [0.2, 0.25) is 0 Å². The molecule has 2 rings (SSSR count). The minimum Gasteiger partial charge on any atom is -0.480 e. The third-order valence-corrected chi connectivity index (χ3v) is 3.02. The number of carbonyl (C=O) groups excluding carboxylic acids is 1. The SMILES string of the molecule is CC(C)[C@@H](Oc1ccccc1)C(=O)NCCc1cn[nH]n1. The molecule has 1 atom stereocenters. The molecule has 0 aliphatic carbocycles. The van der Waals surface area contributed by atoms with Crippen LogP contribution in [0.5, 0.6) is 5.75 Å². The highest BCUT2D eigenvalue weighted by atomic mass is 16.5. The number of hydrogen-bond acceptors (Lipinski definition) is 4. The van der Waals surface area contributed by atoms with Crippen LogP contribution in [0.1, 0.15) is 19.5 Å². The summed E-state index contributed by atoms with van der Waals surface area (Å²) >= 11 is 0. The molecule has 6 heteroatoms. The zero-order valence-corrected chi connectivity index (χ0v) is 12.2. The molecule has 0 fully saturated rings. The summed E-state index contributed by atoms with van der Waals surface area (Å²) in [5.41, 5.74) is 0.820. The topological polar surface area (TPSA) is 79.9 Å². The first kappa shape index (κ1) is 15.0. The van der Waals surface area contributed by atoms with Crippen molar-refractivity contribution in [2.75, 3.05) is 6.54 Å². The van der Waals surface area contributed by atoms with Crippen LogP contribution in [0.15, 0.2) is 36.5 Å². The van der Waals surface area contributed by atoms with Gasteiger partial charge in [-0.25, -0.2) is 0 Å². The quantitative estimate of drug-likeness (QED) is 0.810. The molecule has 6 nitrogen and oxygen atoms in total. The molecular formula is C15H20N4O2. The summed E-state index contributed by atoms with van der Waals surface area (Å²) in [5.74, 6) is 0.664. The standard InChI is InChI=1S/C15H20N4O2/c1-11(2)14(21-13-6-4-3-5-7-13)15(20)16-9-8-12-10-17-19-18-12/h3-7,10-11,14H,8-9H2,1-2H3,(H,16,20)(H,17,18,19)/t14-/m1/s1. The van der Waals surface area contributed by atoms with E-state index in [-0.39, 0.29) is 11.8 Å². The van der Waals surface area contributed by atoms with Crippen molar-refractivity contribution >= 4 is 5.91 Å². The number of benzene rings is 1. The molecule has 0 aliphatic heterocycles. The van der Waals surface area contributed by atoms with Crippen LogP contribution < -0.4 is 10.1 Å². The van der Waals surface area contributed by atoms with Gasteiger partial charge in [0.15, 0.2) is 6.10 Å². The molecule has 0 saturated carbocycles. The molecule has 2 N–H and O–H groups in total. The predicted octanol–water partition coefficient (Wildman–Crippen LogP) is 1.57. The molecule has 112 valence electrons. The number of nitrogens with zero attached hydrogens (tertiary/aromatic N) is 2. The van der Waals surface area contributed by atoms with Crippen LogP contribution in [0.25, 0.3) is 0 Å². The van der Waals surface area contributed by atoms with Gasteiger partial charge in [0.05, 0.1) is 11.9 Å². The van der Waals surface area contributed by atoms with Gasteiger partial charge in [0, 0.05) is 13.0 Å². The molecule has 1 amide bonds. The summed E-state index contributed by atoms with van der Waals surface area (Å²) in [4.78, 5) is 12.2. The summed E-state index contributed by atoms with van der Waals surface area (Å²) in [7, 11) is 0. The van der Waals surface area contributed by atoms with Crippen molar-refractivity contribution in [2.45, 2.75) is 26.4 Å². The van der Waals surface area contributed by atoms with Crippen molar-refractivity contribution < 1.29 is 9.53 Å². The first-order valence-corrected chi connectivity index (χ1v) is 7.01. The van der Waals surface area contributed by atoms with Gasteiger partial charge in [-0.1, -0.05) is 32.0 Å². The number of aromatic nitrogens is 3. The molecule has 1 heterocycles. The molecular weight excluding hydrogens is 268 g/mol. The molecule has 0 aliphatic rings. The van der Waals surface area contributed by atoms with E-state index in [0.717, 1.165) is 5.69 Å². The first-order valence-electron chi connectivity index (χ1n) is 7.01. The highest BCUT2D eigenvalue weighted by Crippen LogP contribution is 2.15. The van der Waals surface area contributed by atoms with E-state index < -0.39 is 6.10 Å². The Morgan fingerprint density at radius 1 is 1.33 bits per heavy atom. The van der Waals surface area contributed by atoms with Crippen LogP contribution in [0.2, 0.25) is 0 Å². The number of amides is 1. The molecule has 21 heavy (non-hydrogen) atoms. The average Bonchev–Trinajstić information content (AvgIpc) is 2.98. The Morgan fingerprint density at radius 2 is 2.10 bits per heavy atom. The minimum absolute atomic E-state index is 0.0808. The van der Waals surface area contributed by atoms with Crippen molar-refractivity contribution in [3.63, 3.8) is 0 Å². The van der Waals surface area contributed by atoms with Crippen molar-refractivity contribution in [3.05, 3.63) is 42.2 Å². The second kappa shape index (κ2) is 7.42. The summed E-state index contributed by atoms with van der Waals surface area (Å²) < 4.78 is 5.78. The molecule has 0 radical (unpaired) electrons. The van der Waals surface area contributed by atoms with E-state index in [2.05, 4.69) is 20.7 Å². The second-order valence-electron chi connectivity index (χ2n) is 5.10. The highest BCUT2D eigenvalue weighted by Gasteiger charge is 2.23. The summed E-state index contributed by atoms with van der Waals surface area (Å²) in [6, 6.07) is 9.37. The van der Waals surface area contributed by atoms with Gasteiger partial charge in [0.25, 0.3) is 5.91 Å².